The first kappa shape index (κ1) is 19.1. The van der Waals surface area contributed by atoms with E-state index in [0.29, 0.717) is 25.9 Å². The van der Waals surface area contributed by atoms with E-state index in [1.807, 2.05) is 58.2 Å². The maximum atomic E-state index is 13.1. The standard InChI is InChI=1S/C21H27N3O3/c1-14(18-15(2)22-23(4)16(18)3)19(25)24-12-10-21(11-13-24,20(26)27)17-8-6-5-7-9-17/h5-9,14H,10-13H2,1-4H3,(H,26,27). The van der Waals surface area contributed by atoms with Crippen molar-refractivity contribution in [2.45, 2.75) is 44.9 Å². The van der Waals surface area contributed by atoms with Gasteiger partial charge in [-0.2, -0.15) is 5.10 Å². The molecule has 1 aliphatic rings. The van der Waals surface area contributed by atoms with Gasteiger partial charge in [-0.05, 0) is 39.2 Å². The molecule has 0 spiro atoms. The molecule has 144 valence electrons. The smallest absolute Gasteiger partial charge is 0.314 e. The molecule has 1 N–H and O–H groups in total. The average molecular weight is 369 g/mol. The van der Waals surface area contributed by atoms with Crippen molar-refractivity contribution in [3.05, 3.63) is 52.8 Å². The van der Waals surface area contributed by atoms with Crippen LogP contribution in [-0.2, 0) is 22.1 Å². The number of carbonyl (C=O) groups excluding carboxylic acids is 1. The van der Waals surface area contributed by atoms with E-state index in [1.165, 1.54) is 0 Å². The van der Waals surface area contributed by atoms with Crippen molar-refractivity contribution in [1.82, 2.24) is 14.7 Å². The van der Waals surface area contributed by atoms with Gasteiger partial charge in [-0.25, -0.2) is 0 Å². The first-order valence-electron chi connectivity index (χ1n) is 9.35. The summed E-state index contributed by atoms with van der Waals surface area (Å²) in [7, 11) is 1.88. The van der Waals surface area contributed by atoms with Crippen molar-refractivity contribution in [2.24, 2.45) is 7.05 Å². The van der Waals surface area contributed by atoms with Gasteiger partial charge in [0, 0.05) is 31.4 Å². The van der Waals surface area contributed by atoms with Gasteiger partial charge in [0.15, 0.2) is 0 Å². The molecule has 0 bridgehead atoms. The minimum Gasteiger partial charge on any atom is -0.481 e. The number of aryl methyl sites for hydroxylation is 2. The summed E-state index contributed by atoms with van der Waals surface area (Å²) in [5.74, 6) is -1.05. The molecule has 1 fully saturated rings. The Hall–Kier alpha value is -2.63. The van der Waals surface area contributed by atoms with Gasteiger partial charge >= 0.3 is 5.97 Å². The summed E-state index contributed by atoms with van der Waals surface area (Å²) in [5, 5.41) is 14.3. The number of hydrogen-bond acceptors (Lipinski definition) is 3. The summed E-state index contributed by atoms with van der Waals surface area (Å²) in [5.41, 5.74) is 2.74. The van der Waals surface area contributed by atoms with E-state index in [9.17, 15) is 14.7 Å². The third-order valence-corrected chi connectivity index (χ3v) is 6.03. The normalized spacial score (nSPS) is 17.6. The maximum absolute atomic E-state index is 13.1. The van der Waals surface area contributed by atoms with Crippen molar-refractivity contribution in [1.29, 1.82) is 0 Å². The zero-order valence-electron chi connectivity index (χ0n) is 16.4. The van der Waals surface area contributed by atoms with Gasteiger partial charge in [0.2, 0.25) is 5.91 Å². The van der Waals surface area contributed by atoms with Crippen LogP contribution >= 0.6 is 0 Å². The Morgan fingerprint density at radius 3 is 2.22 bits per heavy atom. The molecule has 3 rings (SSSR count). The molecule has 1 unspecified atom stereocenters. The summed E-state index contributed by atoms with van der Waals surface area (Å²) in [6.07, 6.45) is 0.853. The molecule has 1 atom stereocenters. The van der Waals surface area contributed by atoms with E-state index in [-0.39, 0.29) is 11.8 Å². The van der Waals surface area contributed by atoms with Crippen LogP contribution in [0.3, 0.4) is 0 Å². The highest BCUT2D eigenvalue weighted by atomic mass is 16.4. The molecule has 1 aromatic carbocycles. The fourth-order valence-electron chi connectivity index (χ4n) is 4.31. The summed E-state index contributed by atoms with van der Waals surface area (Å²) in [6.45, 7) is 6.70. The first-order valence-corrected chi connectivity index (χ1v) is 9.35. The number of amides is 1. The lowest BCUT2D eigenvalue weighted by Gasteiger charge is -2.40. The van der Waals surface area contributed by atoms with Crippen molar-refractivity contribution >= 4 is 11.9 Å². The Labute approximate surface area is 159 Å². The molecule has 6 nitrogen and oxygen atoms in total. The highest BCUT2D eigenvalue weighted by Crippen LogP contribution is 2.37. The zero-order chi connectivity index (χ0) is 19.8. The summed E-state index contributed by atoms with van der Waals surface area (Å²) >= 11 is 0. The number of likely N-dealkylation sites (tertiary alicyclic amines) is 1. The highest BCUT2D eigenvalue weighted by molar-refractivity contribution is 5.85. The monoisotopic (exact) mass is 369 g/mol. The third kappa shape index (κ3) is 3.24. The molecule has 1 amide bonds. The summed E-state index contributed by atoms with van der Waals surface area (Å²) in [4.78, 5) is 27.0. The van der Waals surface area contributed by atoms with Crippen LogP contribution in [0.25, 0.3) is 0 Å². The van der Waals surface area contributed by atoms with Crippen LogP contribution in [0.15, 0.2) is 30.3 Å². The summed E-state index contributed by atoms with van der Waals surface area (Å²) in [6, 6.07) is 9.37. The molecule has 2 aromatic rings. The molecular weight excluding hydrogens is 342 g/mol. The number of carboxylic acid groups (broad SMARTS) is 1. The minimum atomic E-state index is -0.915. The second-order valence-electron chi connectivity index (χ2n) is 7.51. The third-order valence-electron chi connectivity index (χ3n) is 6.03. The van der Waals surface area contributed by atoms with Crippen LogP contribution in [0.4, 0.5) is 0 Å². The lowest BCUT2D eigenvalue weighted by molar-refractivity contribution is -0.148. The number of carboxylic acids is 1. The van der Waals surface area contributed by atoms with Gasteiger partial charge in [-0.15, -0.1) is 0 Å². The number of benzene rings is 1. The largest absolute Gasteiger partial charge is 0.481 e. The number of rotatable bonds is 4. The fourth-order valence-corrected chi connectivity index (χ4v) is 4.31. The Bertz CT molecular complexity index is 849. The second kappa shape index (κ2) is 7.18. The first-order chi connectivity index (χ1) is 12.8. The molecule has 2 heterocycles. The van der Waals surface area contributed by atoms with E-state index >= 15 is 0 Å². The van der Waals surface area contributed by atoms with E-state index in [4.69, 9.17) is 0 Å². The number of hydrogen-bond donors (Lipinski definition) is 1. The zero-order valence-corrected chi connectivity index (χ0v) is 16.4. The predicted molar refractivity (Wildman–Crippen MR) is 103 cm³/mol. The number of carbonyl (C=O) groups is 2. The molecule has 1 aliphatic heterocycles. The molecule has 0 saturated carbocycles. The number of nitrogens with zero attached hydrogens (tertiary/aromatic N) is 3. The van der Waals surface area contributed by atoms with Crippen molar-refractivity contribution in [3.8, 4) is 0 Å². The second-order valence-corrected chi connectivity index (χ2v) is 7.51. The van der Waals surface area contributed by atoms with E-state index < -0.39 is 11.4 Å². The van der Waals surface area contributed by atoms with Gasteiger partial charge in [-0.1, -0.05) is 30.3 Å². The van der Waals surface area contributed by atoms with Gasteiger partial charge < -0.3 is 10.0 Å². The van der Waals surface area contributed by atoms with Gasteiger partial charge in [0.25, 0.3) is 0 Å². The van der Waals surface area contributed by atoms with Crippen LogP contribution in [-0.4, -0.2) is 44.8 Å². The van der Waals surface area contributed by atoms with E-state index in [2.05, 4.69) is 5.10 Å². The maximum Gasteiger partial charge on any atom is 0.314 e. The Morgan fingerprint density at radius 2 is 1.74 bits per heavy atom. The van der Waals surface area contributed by atoms with Crippen LogP contribution in [0.1, 0.15) is 48.2 Å². The average Bonchev–Trinajstić information content (AvgIpc) is 2.93. The number of aromatic nitrogens is 2. The number of piperidine rings is 1. The molecule has 6 heteroatoms. The molecule has 0 radical (unpaired) electrons. The SMILES string of the molecule is Cc1nn(C)c(C)c1C(C)C(=O)N1CCC(C(=O)O)(c2ccccc2)CC1. The van der Waals surface area contributed by atoms with Crippen LogP contribution in [0, 0.1) is 13.8 Å². The molecule has 0 aliphatic carbocycles. The Morgan fingerprint density at radius 1 is 1.15 bits per heavy atom. The molecule has 27 heavy (non-hydrogen) atoms. The predicted octanol–water partition coefficient (Wildman–Crippen LogP) is 2.79. The molecule has 1 saturated heterocycles. The van der Waals surface area contributed by atoms with Crippen LogP contribution in [0.5, 0.6) is 0 Å². The lowest BCUT2D eigenvalue weighted by atomic mass is 9.72. The van der Waals surface area contributed by atoms with Crippen LogP contribution < -0.4 is 0 Å². The minimum absolute atomic E-state index is 0.0428. The van der Waals surface area contributed by atoms with E-state index in [0.717, 1.165) is 22.5 Å². The summed E-state index contributed by atoms with van der Waals surface area (Å²) < 4.78 is 1.80. The Balaban J connectivity index is 1.78. The van der Waals surface area contributed by atoms with Gasteiger partial charge in [0.05, 0.1) is 17.0 Å². The van der Waals surface area contributed by atoms with Crippen LogP contribution in [0.2, 0.25) is 0 Å². The van der Waals surface area contributed by atoms with Crippen molar-refractivity contribution < 1.29 is 14.7 Å². The lowest BCUT2D eigenvalue weighted by Crippen LogP contribution is -2.49. The highest BCUT2D eigenvalue weighted by Gasteiger charge is 2.44. The number of aliphatic carboxylic acids is 1. The van der Waals surface area contributed by atoms with Gasteiger partial charge in [-0.3, -0.25) is 14.3 Å². The van der Waals surface area contributed by atoms with Gasteiger partial charge in [0.1, 0.15) is 0 Å². The van der Waals surface area contributed by atoms with Crippen molar-refractivity contribution in [3.63, 3.8) is 0 Å². The molecule has 1 aromatic heterocycles. The molecular formula is C21H27N3O3. The van der Waals surface area contributed by atoms with E-state index in [1.54, 1.807) is 9.58 Å². The fraction of sp³-hybridized carbons (Fsp3) is 0.476. The quantitative estimate of drug-likeness (QED) is 0.899. The van der Waals surface area contributed by atoms with Crippen molar-refractivity contribution in [2.75, 3.05) is 13.1 Å². The Kier molecular flexibility index (Phi) is 5.09. The topological polar surface area (TPSA) is 75.4 Å².